The predicted octanol–water partition coefficient (Wildman–Crippen LogP) is 4.83. The first-order valence-electron chi connectivity index (χ1n) is 7.40. The molecule has 3 rings (SSSR count). The van der Waals surface area contributed by atoms with Gasteiger partial charge < -0.3 is 0 Å². The number of H-pyrrole nitrogens is 1. The minimum absolute atomic E-state index is 0.0683. The monoisotopic (exact) mass is 302 g/mol. The van der Waals surface area contributed by atoms with Gasteiger partial charge in [-0.3, -0.25) is 4.79 Å². The lowest BCUT2D eigenvalue weighted by Crippen LogP contribution is -1.96. The molecule has 2 nitrogen and oxygen atoms in total. The number of aromatic nitrogens is 1. The van der Waals surface area contributed by atoms with Crippen molar-refractivity contribution in [1.29, 1.82) is 0 Å². The molecule has 0 unspecified atom stereocenters. The Morgan fingerprint density at radius 1 is 0.957 bits per heavy atom. The minimum Gasteiger partial charge on any atom is -0.295 e. The molecule has 0 saturated carbocycles. The summed E-state index contributed by atoms with van der Waals surface area (Å²) in [5.74, 6) is 0.0683. The van der Waals surface area contributed by atoms with Gasteiger partial charge in [-0.1, -0.05) is 55.6 Å². The van der Waals surface area contributed by atoms with E-state index >= 15 is 0 Å². The zero-order valence-corrected chi connectivity index (χ0v) is 13.3. The van der Waals surface area contributed by atoms with Crippen LogP contribution in [0.2, 0.25) is 0 Å². The van der Waals surface area contributed by atoms with E-state index in [-0.39, 0.29) is 5.78 Å². The normalized spacial score (nSPS) is 9.61. The maximum absolute atomic E-state index is 11.1. The van der Waals surface area contributed by atoms with Gasteiger partial charge in [-0.05, 0) is 35.6 Å². The highest BCUT2D eigenvalue weighted by molar-refractivity contribution is 5.95. The highest BCUT2D eigenvalue weighted by Gasteiger charge is 2.01. The molecule has 0 bridgehead atoms. The van der Waals surface area contributed by atoms with E-state index in [9.17, 15) is 4.79 Å². The number of hydrogen-bond acceptors (Lipinski definition) is 1. The quantitative estimate of drug-likeness (QED) is 0.638. The van der Waals surface area contributed by atoms with Crippen molar-refractivity contribution < 1.29 is 9.78 Å². The number of nitrogens with one attached hydrogen (secondary N) is 1. The molecule has 0 saturated heterocycles. The first-order valence-corrected chi connectivity index (χ1v) is 7.40. The molecule has 1 heterocycles. The average molecular weight is 302 g/mol. The fourth-order valence-corrected chi connectivity index (χ4v) is 2.23. The Hall–Kier alpha value is -3.00. The van der Waals surface area contributed by atoms with Crippen molar-refractivity contribution in [1.82, 2.24) is 0 Å². The lowest BCUT2D eigenvalue weighted by molar-refractivity contribution is -0.375. The molecule has 0 aliphatic carbocycles. The molecule has 1 aromatic heterocycles. The van der Waals surface area contributed by atoms with Crippen LogP contribution in [0, 0.1) is 0 Å². The van der Waals surface area contributed by atoms with Gasteiger partial charge >= 0.3 is 0 Å². The second-order valence-corrected chi connectivity index (χ2v) is 5.08. The molecule has 0 spiro atoms. The van der Waals surface area contributed by atoms with Crippen molar-refractivity contribution in [3.63, 3.8) is 0 Å². The van der Waals surface area contributed by atoms with Gasteiger partial charge in [0.15, 0.2) is 18.2 Å². The molecule has 0 fully saturated rings. The van der Waals surface area contributed by atoms with Crippen LogP contribution in [-0.4, -0.2) is 5.78 Å². The summed E-state index contributed by atoms with van der Waals surface area (Å²) in [6, 6.07) is 15.8. The zero-order chi connectivity index (χ0) is 16.7. The second-order valence-electron chi connectivity index (χ2n) is 5.08. The van der Waals surface area contributed by atoms with E-state index in [4.69, 9.17) is 0 Å². The van der Waals surface area contributed by atoms with Gasteiger partial charge in [0, 0.05) is 17.0 Å². The predicted molar refractivity (Wildman–Crippen MR) is 97.1 cm³/mol. The van der Waals surface area contributed by atoms with Crippen LogP contribution >= 0.6 is 0 Å². The Bertz CT molecular complexity index is 784. The average Bonchev–Trinajstić information content (AvgIpc) is 2.61. The van der Waals surface area contributed by atoms with E-state index in [0.717, 1.165) is 11.1 Å². The highest BCUT2D eigenvalue weighted by atomic mass is 16.1. The smallest absolute Gasteiger partial charge is 0.174 e. The van der Waals surface area contributed by atoms with Crippen molar-refractivity contribution in [3.8, 4) is 0 Å². The molecule has 0 amide bonds. The molecule has 0 radical (unpaired) electrons. The van der Waals surface area contributed by atoms with Crippen LogP contribution in [0.15, 0.2) is 74.1 Å². The number of Topliss-reactive ketones (excluding diaryl/α,β-unsaturated/α-hetero) is 1. The minimum atomic E-state index is 0.0683. The van der Waals surface area contributed by atoms with Gasteiger partial charge in [0.2, 0.25) is 0 Å². The van der Waals surface area contributed by atoms with E-state index in [1.54, 1.807) is 25.1 Å². The second kappa shape index (κ2) is 7.85. The third-order valence-corrected chi connectivity index (χ3v) is 3.53. The lowest BCUT2D eigenvalue weighted by atomic mass is 10.0. The van der Waals surface area contributed by atoms with Gasteiger partial charge in [-0.15, -0.1) is 0 Å². The fraction of sp³-hybridized carbons (Fsp3) is 0.0476. The third kappa shape index (κ3) is 4.24. The van der Waals surface area contributed by atoms with Crippen LogP contribution in [-0.2, 0) is 0 Å². The molecule has 0 aliphatic rings. The fourth-order valence-electron chi connectivity index (χ4n) is 2.23. The summed E-state index contributed by atoms with van der Waals surface area (Å²) in [4.78, 5) is 14.1. The van der Waals surface area contributed by atoms with Crippen LogP contribution < -0.4 is 4.98 Å². The Labute approximate surface area is 136 Å². The molecule has 114 valence electrons. The van der Waals surface area contributed by atoms with Crippen LogP contribution in [0.4, 0.5) is 0 Å². The molecule has 2 heteroatoms. The molecular formula is C21H20NO+. The zero-order valence-electron chi connectivity index (χ0n) is 13.3. The Balaban J connectivity index is 0.000000172. The van der Waals surface area contributed by atoms with Crippen LogP contribution in [0.25, 0.3) is 22.9 Å². The summed E-state index contributed by atoms with van der Waals surface area (Å²) in [7, 11) is 0. The van der Waals surface area contributed by atoms with Crippen molar-refractivity contribution >= 4 is 28.7 Å². The number of pyridine rings is 1. The summed E-state index contributed by atoms with van der Waals surface area (Å²) in [6.07, 6.45) is 7.40. The van der Waals surface area contributed by atoms with Gasteiger partial charge in [0.25, 0.3) is 0 Å². The molecule has 1 N–H and O–H groups in total. The number of carbonyl (C=O) groups is 1. The first-order chi connectivity index (χ1) is 11.2. The summed E-state index contributed by atoms with van der Waals surface area (Å²) in [5.41, 5.74) is 2.66. The topological polar surface area (TPSA) is 31.2 Å². The van der Waals surface area contributed by atoms with Crippen molar-refractivity contribution in [2.45, 2.75) is 6.92 Å². The number of ketones is 1. The van der Waals surface area contributed by atoms with Gasteiger partial charge in [0.1, 0.15) is 0 Å². The molecule has 23 heavy (non-hydrogen) atoms. The Morgan fingerprint density at radius 3 is 2.26 bits per heavy atom. The van der Waals surface area contributed by atoms with Gasteiger partial charge in [-0.25, -0.2) is 4.98 Å². The third-order valence-electron chi connectivity index (χ3n) is 3.53. The maximum Gasteiger partial charge on any atom is 0.174 e. The van der Waals surface area contributed by atoms with E-state index < -0.39 is 0 Å². The molecular weight excluding hydrogens is 282 g/mol. The van der Waals surface area contributed by atoms with Crippen molar-refractivity contribution in [3.05, 3.63) is 90.8 Å². The summed E-state index contributed by atoms with van der Waals surface area (Å²) < 4.78 is 0. The van der Waals surface area contributed by atoms with Crippen LogP contribution in [0.5, 0.6) is 0 Å². The number of carbonyl (C=O) groups excluding carboxylic acids is 1. The molecule has 0 aliphatic heterocycles. The molecule has 3 aromatic rings. The molecule has 2 aromatic carbocycles. The van der Waals surface area contributed by atoms with E-state index in [0.29, 0.717) is 5.56 Å². The Morgan fingerprint density at radius 2 is 1.65 bits per heavy atom. The summed E-state index contributed by atoms with van der Waals surface area (Å²) >= 11 is 0. The summed E-state index contributed by atoms with van der Waals surface area (Å²) in [5, 5.41) is 2.53. The number of hydrogen-bond donors (Lipinski definition) is 0. The largest absolute Gasteiger partial charge is 0.295 e. The SMILES string of the molecule is C=Cc1ccc(C(C)=O)cc1C=C.c1ccc2c[nH+]ccc2c1. The number of benzene rings is 2. The lowest BCUT2D eigenvalue weighted by Gasteiger charge is -2.02. The maximum atomic E-state index is 11.1. The van der Waals surface area contributed by atoms with Crippen molar-refractivity contribution in [2.75, 3.05) is 0 Å². The highest BCUT2D eigenvalue weighted by Crippen LogP contribution is 2.14. The number of fused-ring (bicyclic) bond motifs is 1. The number of rotatable bonds is 3. The van der Waals surface area contributed by atoms with Crippen molar-refractivity contribution in [2.24, 2.45) is 0 Å². The van der Waals surface area contributed by atoms with E-state index in [1.165, 1.54) is 10.8 Å². The van der Waals surface area contributed by atoms with Gasteiger partial charge in [-0.2, -0.15) is 0 Å². The molecule has 0 atom stereocenters. The van der Waals surface area contributed by atoms with Crippen LogP contribution in [0.3, 0.4) is 0 Å². The Kier molecular flexibility index (Phi) is 5.59. The standard InChI is InChI=1S/C12H12O.C9H7N/c1-4-10-6-7-12(9(3)13)8-11(10)5-2;1-2-4-9-7-10-6-5-8(9)3-1/h4-8H,1-2H2,3H3;1-7H/p+1. The van der Waals surface area contributed by atoms with E-state index in [2.05, 4.69) is 36.3 Å². The van der Waals surface area contributed by atoms with E-state index in [1.807, 2.05) is 36.7 Å². The number of aromatic amines is 1. The summed E-state index contributed by atoms with van der Waals surface area (Å²) in [6.45, 7) is 8.91. The van der Waals surface area contributed by atoms with Gasteiger partial charge in [0.05, 0.1) is 0 Å². The first kappa shape index (κ1) is 16.4. The van der Waals surface area contributed by atoms with Crippen LogP contribution in [0.1, 0.15) is 28.4 Å².